The molecular weight excluding hydrogens is 247 g/mol. The van der Waals surface area contributed by atoms with Gasteiger partial charge in [-0.15, -0.1) is 0 Å². The standard InChI is InChI=1S/C13H15FN4O/c1-8(19)9-7-16-18(12(9)13(2,3)14)11-6-4-5-10(15)17-11/h4-7H,1-3H3,(H2,15,17). The van der Waals surface area contributed by atoms with Gasteiger partial charge in [-0.25, -0.2) is 14.1 Å². The first-order chi connectivity index (χ1) is 8.80. The highest BCUT2D eigenvalue weighted by atomic mass is 19.1. The summed E-state index contributed by atoms with van der Waals surface area (Å²) in [6, 6.07) is 4.98. The summed E-state index contributed by atoms with van der Waals surface area (Å²) in [6.45, 7) is 4.13. The molecule has 0 aliphatic carbocycles. The minimum atomic E-state index is -1.72. The summed E-state index contributed by atoms with van der Waals surface area (Å²) < 4.78 is 15.7. The second-order valence-corrected chi connectivity index (χ2v) is 4.77. The third-order valence-corrected chi connectivity index (χ3v) is 2.68. The lowest BCUT2D eigenvalue weighted by Crippen LogP contribution is -2.20. The molecule has 2 heterocycles. The van der Waals surface area contributed by atoms with E-state index in [4.69, 9.17) is 5.73 Å². The van der Waals surface area contributed by atoms with Gasteiger partial charge < -0.3 is 5.73 Å². The van der Waals surface area contributed by atoms with E-state index in [1.54, 1.807) is 18.2 Å². The molecule has 0 radical (unpaired) electrons. The summed E-state index contributed by atoms with van der Waals surface area (Å²) in [5.41, 5.74) is 4.32. The van der Waals surface area contributed by atoms with Crippen LogP contribution in [0.4, 0.5) is 10.2 Å². The third kappa shape index (κ3) is 2.47. The fourth-order valence-corrected chi connectivity index (χ4v) is 1.91. The van der Waals surface area contributed by atoms with Crippen LogP contribution < -0.4 is 5.73 Å². The van der Waals surface area contributed by atoms with Gasteiger partial charge in [-0.3, -0.25) is 4.79 Å². The number of nitrogens with two attached hydrogens (primary N) is 1. The zero-order chi connectivity index (χ0) is 14.2. The number of anilines is 1. The van der Waals surface area contributed by atoms with E-state index in [1.807, 2.05) is 0 Å². The first-order valence-corrected chi connectivity index (χ1v) is 5.82. The van der Waals surface area contributed by atoms with Crippen LogP contribution in [0.25, 0.3) is 5.82 Å². The van der Waals surface area contributed by atoms with Crippen molar-refractivity contribution in [1.29, 1.82) is 0 Å². The maximum Gasteiger partial charge on any atom is 0.163 e. The van der Waals surface area contributed by atoms with E-state index in [1.165, 1.54) is 31.6 Å². The van der Waals surface area contributed by atoms with Crippen molar-refractivity contribution in [3.05, 3.63) is 35.7 Å². The Balaban J connectivity index is 2.68. The normalized spacial score (nSPS) is 11.6. The average molecular weight is 262 g/mol. The Morgan fingerprint density at radius 2 is 2.11 bits per heavy atom. The number of pyridine rings is 1. The Morgan fingerprint density at radius 3 is 2.63 bits per heavy atom. The van der Waals surface area contributed by atoms with E-state index in [-0.39, 0.29) is 17.0 Å². The molecule has 0 spiro atoms. The van der Waals surface area contributed by atoms with Gasteiger partial charge in [0.05, 0.1) is 17.5 Å². The Labute approximate surface area is 110 Å². The fraction of sp³-hybridized carbons (Fsp3) is 0.308. The first-order valence-electron chi connectivity index (χ1n) is 5.82. The van der Waals surface area contributed by atoms with Gasteiger partial charge in [0.2, 0.25) is 0 Å². The number of rotatable bonds is 3. The monoisotopic (exact) mass is 262 g/mol. The van der Waals surface area contributed by atoms with Crippen molar-refractivity contribution >= 4 is 11.6 Å². The molecule has 0 aromatic carbocycles. The van der Waals surface area contributed by atoms with Gasteiger partial charge in [0, 0.05) is 0 Å². The van der Waals surface area contributed by atoms with Crippen LogP contribution in [0.2, 0.25) is 0 Å². The Morgan fingerprint density at radius 1 is 1.42 bits per heavy atom. The predicted octanol–water partition coefficient (Wildman–Crippen LogP) is 2.26. The quantitative estimate of drug-likeness (QED) is 0.861. The van der Waals surface area contributed by atoms with Gasteiger partial charge in [-0.1, -0.05) is 6.07 Å². The van der Waals surface area contributed by atoms with Gasteiger partial charge in [0.15, 0.2) is 11.6 Å². The highest BCUT2D eigenvalue weighted by molar-refractivity contribution is 5.95. The molecule has 0 bridgehead atoms. The van der Waals surface area contributed by atoms with Crippen LogP contribution >= 0.6 is 0 Å². The van der Waals surface area contributed by atoms with Gasteiger partial charge in [0.1, 0.15) is 11.5 Å². The highest BCUT2D eigenvalue weighted by Gasteiger charge is 2.30. The second kappa shape index (κ2) is 4.46. The molecule has 2 N–H and O–H groups in total. The molecule has 5 nitrogen and oxygen atoms in total. The molecule has 0 saturated carbocycles. The zero-order valence-electron chi connectivity index (χ0n) is 11.0. The number of Topliss-reactive ketones (excluding diaryl/α,β-unsaturated/α-hetero) is 1. The van der Waals surface area contributed by atoms with Crippen molar-refractivity contribution in [3.8, 4) is 5.82 Å². The van der Waals surface area contributed by atoms with E-state index >= 15 is 0 Å². The van der Waals surface area contributed by atoms with Crippen LogP contribution in [0.3, 0.4) is 0 Å². The summed E-state index contributed by atoms with van der Waals surface area (Å²) in [5.74, 6) is 0.448. The van der Waals surface area contributed by atoms with Crippen LogP contribution in [0.1, 0.15) is 36.8 Å². The lowest BCUT2D eigenvalue weighted by Gasteiger charge is -2.17. The van der Waals surface area contributed by atoms with Gasteiger partial charge in [-0.05, 0) is 32.9 Å². The minimum absolute atomic E-state index is 0.179. The maximum atomic E-state index is 14.3. The fourth-order valence-electron chi connectivity index (χ4n) is 1.91. The van der Waals surface area contributed by atoms with Crippen LogP contribution in [-0.2, 0) is 5.67 Å². The summed E-state index contributed by atoms with van der Waals surface area (Å²) in [5, 5.41) is 4.05. The number of halogens is 1. The van der Waals surface area contributed by atoms with Crippen molar-refractivity contribution in [2.45, 2.75) is 26.4 Å². The number of nitrogens with zero attached hydrogens (tertiary/aromatic N) is 3. The van der Waals surface area contributed by atoms with E-state index in [2.05, 4.69) is 10.1 Å². The van der Waals surface area contributed by atoms with Crippen molar-refractivity contribution in [3.63, 3.8) is 0 Å². The van der Waals surface area contributed by atoms with Crippen molar-refractivity contribution in [1.82, 2.24) is 14.8 Å². The van der Waals surface area contributed by atoms with Gasteiger partial charge >= 0.3 is 0 Å². The number of ketones is 1. The maximum absolute atomic E-state index is 14.3. The number of hydrogen-bond acceptors (Lipinski definition) is 4. The SMILES string of the molecule is CC(=O)c1cnn(-c2cccc(N)n2)c1C(C)(C)F. The number of carbonyl (C=O) groups excluding carboxylic acids is 1. The minimum Gasteiger partial charge on any atom is -0.384 e. The van der Waals surface area contributed by atoms with E-state index in [0.717, 1.165) is 0 Å². The largest absolute Gasteiger partial charge is 0.384 e. The highest BCUT2D eigenvalue weighted by Crippen LogP contribution is 2.29. The molecule has 2 aromatic rings. The van der Waals surface area contributed by atoms with Crippen LogP contribution in [0.15, 0.2) is 24.4 Å². The van der Waals surface area contributed by atoms with Gasteiger partial charge in [0.25, 0.3) is 0 Å². The molecule has 0 saturated heterocycles. The van der Waals surface area contributed by atoms with Crippen LogP contribution in [0.5, 0.6) is 0 Å². The molecular formula is C13H15FN4O. The average Bonchev–Trinajstić information content (AvgIpc) is 2.73. The molecule has 0 amide bonds. The summed E-state index contributed by atoms with van der Waals surface area (Å²) in [4.78, 5) is 15.6. The number of nitrogen functional groups attached to an aromatic ring is 1. The lowest BCUT2D eigenvalue weighted by molar-refractivity contribution is 0.101. The van der Waals surface area contributed by atoms with Crippen molar-refractivity contribution in [2.75, 3.05) is 5.73 Å². The second-order valence-electron chi connectivity index (χ2n) is 4.77. The predicted molar refractivity (Wildman–Crippen MR) is 69.9 cm³/mol. The van der Waals surface area contributed by atoms with Crippen molar-refractivity contribution in [2.24, 2.45) is 0 Å². The molecule has 2 rings (SSSR count). The lowest BCUT2D eigenvalue weighted by atomic mass is 10.0. The van der Waals surface area contributed by atoms with Crippen LogP contribution in [0, 0.1) is 0 Å². The molecule has 0 aliphatic heterocycles. The molecule has 2 aromatic heterocycles. The molecule has 0 unspecified atom stereocenters. The molecule has 0 fully saturated rings. The topological polar surface area (TPSA) is 73.8 Å². The number of aromatic nitrogens is 3. The Bertz CT molecular complexity index is 628. The number of alkyl halides is 1. The van der Waals surface area contributed by atoms with Crippen molar-refractivity contribution < 1.29 is 9.18 Å². The third-order valence-electron chi connectivity index (χ3n) is 2.68. The van der Waals surface area contributed by atoms with Gasteiger partial charge in [-0.2, -0.15) is 5.10 Å². The summed E-state index contributed by atoms with van der Waals surface area (Å²) in [6.07, 6.45) is 1.35. The summed E-state index contributed by atoms with van der Waals surface area (Å²) >= 11 is 0. The van der Waals surface area contributed by atoms with E-state index < -0.39 is 5.67 Å². The zero-order valence-corrected chi connectivity index (χ0v) is 11.0. The molecule has 0 atom stereocenters. The molecule has 6 heteroatoms. The van der Waals surface area contributed by atoms with E-state index in [9.17, 15) is 9.18 Å². The Hall–Kier alpha value is -2.24. The van der Waals surface area contributed by atoms with E-state index in [0.29, 0.717) is 11.6 Å². The first kappa shape index (κ1) is 13.2. The molecule has 19 heavy (non-hydrogen) atoms. The smallest absolute Gasteiger partial charge is 0.163 e. The van der Waals surface area contributed by atoms with Crippen LogP contribution in [-0.4, -0.2) is 20.5 Å². The Kier molecular flexibility index (Phi) is 3.09. The molecule has 0 aliphatic rings. The number of carbonyl (C=O) groups is 1. The number of hydrogen-bond donors (Lipinski definition) is 1. The molecule has 100 valence electrons. The summed E-state index contributed by atoms with van der Waals surface area (Å²) in [7, 11) is 0.